The summed E-state index contributed by atoms with van der Waals surface area (Å²) >= 11 is 0. The highest BCUT2D eigenvalue weighted by molar-refractivity contribution is 5.29. The summed E-state index contributed by atoms with van der Waals surface area (Å²) in [7, 11) is 0. The van der Waals surface area contributed by atoms with E-state index in [1.54, 1.807) is 6.07 Å². The van der Waals surface area contributed by atoms with Crippen molar-refractivity contribution in [2.75, 3.05) is 6.61 Å². The van der Waals surface area contributed by atoms with Crippen LogP contribution in [0.5, 0.6) is 5.75 Å². The van der Waals surface area contributed by atoms with Gasteiger partial charge in [-0.2, -0.15) is 0 Å². The Morgan fingerprint density at radius 3 is 2.50 bits per heavy atom. The zero-order chi connectivity index (χ0) is 12.8. The predicted molar refractivity (Wildman–Crippen MR) is 69.9 cm³/mol. The number of hydrogen-bond donors (Lipinski definition) is 1. The van der Waals surface area contributed by atoms with E-state index in [0.717, 1.165) is 12.0 Å². The maximum absolute atomic E-state index is 13.2. The van der Waals surface area contributed by atoms with Gasteiger partial charge < -0.3 is 10.5 Å². The van der Waals surface area contributed by atoms with Crippen molar-refractivity contribution < 1.29 is 9.13 Å². The minimum atomic E-state index is -0.312. The Kier molecular flexibility index (Phi) is 4.31. The third kappa shape index (κ3) is 3.57. The van der Waals surface area contributed by atoms with Crippen LogP contribution in [0, 0.1) is 5.82 Å². The maximum Gasteiger partial charge on any atom is 0.127 e. The lowest BCUT2D eigenvalue weighted by atomic mass is 10.2. The van der Waals surface area contributed by atoms with Crippen LogP contribution in [0.3, 0.4) is 0 Å². The summed E-state index contributed by atoms with van der Waals surface area (Å²) in [4.78, 5) is 0. The van der Waals surface area contributed by atoms with Crippen LogP contribution in [0.4, 0.5) is 4.39 Å². The Hall–Kier alpha value is -1.87. The highest BCUT2D eigenvalue weighted by Gasteiger charge is 2.01. The Labute approximate surface area is 106 Å². The molecule has 0 unspecified atom stereocenters. The van der Waals surface area contributed by atoms with Gasteiger partial charge in [0.2, 0.25) is 0 Å². The first kappa shape index (κ1) is 12.6. The van der Waals surface area contributed by atoms with Gasteiger partial charge in [-0.1, -0.05) is 30.3 Å². The molecule has 18 heavy (non-hydrogen) atoms. The quantitative estimate of drug-likeness (QED) is 0.879. The molecule has 0 aliphatic carbocycles. The van der Waals surface area contributed by atoms with Crippen LogP contribution in [0.2, 0.25) is 0 Å². The molecule has 0 amide bonds. The summed E-state index contributed by atoms with van der Waals surface area (Å²) in [5, 5.41) is 0. The molecule has 0 fully saturated rings. The number of nitrogens with two attached hydrogens (primary N) is 1. The van der Waals surface area contributed by atoms with Crippen LogP contribution in [0.1, 0.15) is 11.1 Å². The van der Waals surface area contributed by atoms with E-state index in [1.165, 1.54) is 17.7 Å². The van der Waals surface area contributed by atoms with E-state index in [0.29, 0.717) is 18.9 Å². The molecule has 0 aromatic heterocycles. The highest BCUT2D eigenvalue weighted by atomic mass is 19.1. The predicted octanol–water partition coefficient (Wildman–Crippen LogP) is 2.91. The van der Waals surface area contributed by atoms with Crippen molar-refractivity contribution in [2.45, 2.75) is 13.0 Å². The zero-order valence-electron chi connectivity index (χ0n) is 10.1. The van der Waals surface area contributed by atoms with E-state index in [9.17, 15) is 4.39 Å². The monoisotopic (exact) mass is 245 g/mol. The highest BCUT2D eigenvalue weighted by Crippen LogP contribution is 2.16. The number of halogens is 1. The van der Waals surface area contributed by atoms with Gasteiger partial charge >= 0.3 is 0 Å². The molecule has 0 atom stereocenters. The van der Waals surface area contributed by atoms with Gasteiger partial charge in [-0.05, 0) is 23.3 Å². The smallest absolute Gasteiger partial charge is 0.127 e. The standard InChI is InChI=1S/C15H16FNO/c16-14-8-13(11-17)9-15(10-14)18-7-6-12-4-2-1-3-5-12/h1-5,8-10H,6-7,11,17H2. The normalized spacial score (nSPS) is 10.3. The average molecular weight is 245 g/mol. The summed E-state index contributed by atoms with van der Waals surface area (Å²) in [6, 6.07) is 14.6. The Bertz CT molecular complexity index is 499. The summed E-state index contributed by atoms with van der Waals surface area (Å²) in [5.41, 5.74) is 7.43. The number of benzene rings is 2. The van der Waals surface area contributed by atoms with Gasteiger partial charge in [0.15, 0.2) is 0 Å². The van der Waals surface area contributed by atoms with Gasteiger partial charge in [-0.25, -0.2) is 4.39 Å². The number of ether oxygens (including phenoxy) is 1. The summed E-state index contributed by atoms with van der Waals surface area (Å²) in [5.74, 6) is 0.221. The third-order valence-corrected chi connectivity index (χ3v) is 2.67. The Balaban J connectivity index is 1.92. The summed E-state index contributed by atoms with van der Waals surface area (Å²) in [6.45, 7) is 0.838. The molecule has 0 heterocycles. The van der Waals surface area contributed by atoms with Crippen molar-refractivity contribution in [3.05, 3.63) is 65.5 Å². The molecule has 0 saturated carbocycles. The topological polar surface area (TPSA) is 35.2 Å². The molecule has 0 aliphatic rings. The van der Waals surface area contributed by atoms with E-state index in [2.05, 4.69) is 0 Å². The number of hydrogen-bond acceptors (Lipinski definition) is 2. The van der Waals surface area contributed by atoms with Gasteiger partial charge in [0.25, 0.3) is 0 Å². The van der Waals surface area contributed by atoms with E-state index in [1.807, 2.05) is 30.3 Å². The Morgan fingerprint density at radius 2 is 1.78 bits per heavy atom. The molecule has 3 heteroatoms. The van der Waals surface area contributed by atoms with Crippen molar-refractivity contribution in [3.63, 3.8) is 0 Å². The molecule has 0 radical (unpaired) electrons. The van der Waals surface area contributed by atoms with E-state index in [4.69, 9.17) is 10.5 Å². The van der Waals surface area contributed by atoms with E-state index >= 15 is 0 Å². The molecule has 0 saturated heterocycles. The fourth-order valence-corrected chi connectivity index (χ4v) is 1.75. The van der Waals surface area contributed by atoms with Gasteiger partial charge in [-0.15, -0.1) is 0 Å². The molecule has 2 rings (SSSR count). The summed E-state index contributed by atoms with van der Waals surface area (Å²) in [6.07, 6.45) is 0.801. The second-order valence-corrected chi connectivity index (χ2v) is 4.08. The second-order valence-electron chi connectivity index (χ2n) is 4.08. The third-order valence-electron chi connectivity index (χ3n) is 2.67. The lowest BCUT2D eigenvalue weighted by Crippen LogP contribution is -2.03. The van der Waals surface area contributed by atoms with Crippen molar-refractivity contribution in [3.8, 4) is 5.75 Å². The van der Waals surface area contributed by atoms with Crippen LogP contribution < -0.4 is 10.5 Å². The largest absolute Gasteiger partial charge is 0.493 e. The van der Waals surface area contributed by atoms with E-state index < -0.39 is 0 Å². The van der Waals surface area contributed by atoms with Gasteiger partial charge in [-0.3, -0.25) is 0 Å². The molecule has 2 N–H and O–H groups in total. The number of rotatable bonds is 5. The molecule has 0 aliphatic heterocycles. The lowest BCUT2D eigenvalue weighted by Gasteiger charge is -2.08. The second kappa shape index (κ2) is 6.17. The zero-order valence-corrected chi connectivity index (χ0v) is 10.1. The van der Waals surface area contributed by atoms with E-state index in [-0.39, 0.29) is 5.82 Å². The van der Waals surface area contributed by atoms with Crippen molar-refractivity contribution in [1.82, 2.24) is 0 Å². The molecule has 0 bridgehead atoms. The van der Waals surface area contributed by atoms with Crippen molar-refractivity contribution >= 4 is 0 Å². The first-order chi connectivity index (χ1) is 8.78. The molecular formula is C15H16FNO. The molecule has 0 spiro atoms. The molecule has 2 nitrogen and oxygen atoms in total. The first-order valence-corrected chi connectivity index (χ1v) is 5.94. The van der Waals surface area contributed by atoms with Crippen molar-refractivity contribution in [1.29, 1.82) is 0 Å². The molecule has 2 aromatic rings. The fraction of sp³-hybridized carbons (Fsp3) is 0.200. The van der Waals surface area contributed by atoms with Crippen LogP contribution in [-0.4, -0.2) is 6.61 Å². The van der Waals surface area contributed by atoms with Gasteiger partial charge in [0.1, 0.15) is 11.6 Å². The molecule has 94 valence electrons. The van der Waals surface area contributed by atoms with Gasteiger partial charge in [0.05, 0.1) is 6.61 Å². The fourth-order valence-electron chi connectivity index (χ4n) is 1.75. The average Bonchev–Trinajstić information content (AvgIpc) is 2.39. The van der Waals surface area contributed by atoms with Crippen LogP contribution in [-0.2, 0) is 13.0 Å². The Morgan fingerprint density at radius 1 is 1.00 bits per heavy atom. The minimum Gasteiger partial charge on any atom is -0.493 e. The van der Waals surface area contributed by atoms with Crippen LogP contribution in [0.25, 0.3) is 0 Å². The first-order valence-electron chi connectivity index (χ1n) is 5.94. The van der Waals surface area contributed by atoms with Crippen LogP contribution in [0.15, 0.2) is 48.5 Å². The maximum atomic E-state index is 13.2. The van der Waals surface area contributed by atoms with Crippen molar-refractivity contribution in [2.24, 2.45) is 5.73 Å². The minimum absolute atomic E-state index is 0.312. The van der Waals surface area contributed by atoms with Gasteiger partial charge in [0, 0.05) is 19.0 Å². The SMILES string of the molecule is NCc1cc(F)cc(OCCc2ccccc2)c1. The summed E-state index contributed by atoms with van der Waals surface area (Å²) < 4.78 is 18.8. The lowest BCUT2D eigenvalue weighted by molar-refractivity contribution is 0.320. The van der Waals surface area contributed by atoms with Crippen LogP contribution >= 0.6 is 0 Å². The molecular weight excluding hydrogens is 229 g/mol. The molecule has 2 aromatic carbocycles.